The molecule has 1 heterocycles. The molecule has 1 aliphatic heterocycles. The van der Waals surface area contributed by atoms with E-state index in [4.69, 9.17) is 4.74 Å². The van der Waals surface area contributed by atoms with Crippen molar-refractivity contribution in [3.63, 3.8) is 0 Å². The molecule has 3 aromatic rings. The number of rotatable bonds is 6. The van der Waals surface area contributed by atoms with Crippen molar-refractivity contribution in [3.05, 3.63) is 90.0 Å². The summed E-state index contributed by atoms with van der Waals surface area (Å²) in [5.74, 6) is 1.85. The molecule has 3 heteroatoms. The third-order valence-corrected chi connectivity index (χ3v) is 6.78. The third-order valence-electron chi connectivity index (χ3n) is 6.78. The highest BCUT2D eigenvalue weighted by Gasteiger charge is 2.31. The fraction of sp³-hybridized carbons (Fsp3) is 0.400. The number of benzene rings is 3. The van der Waals surface area contributed by atoms with E-state index >= 15 is 0 Å². The summed E-state index contributed by atoms with van der Waals surface area (Å²) in [5.41, 5.74) is 4.09. The molecule has 3 aromatic carbocycles. The van der Waals surface area contributed by atoms with E-state index in [9.17, 15) is 0 Å². The molecule has 0 saturated carbocycles. The van der Waals surface area contributed by atoms with Gasteiger partial charge in [0.15, 0.2) is 0 Å². The van der Waals surface area contributed by atoms with Gasteiger partial charge in [0.25, 0.3) is 0 Å². The fourth-order valence-electron chi connectivity index (χ4n) is 4.69. The van der Waals surface area contributed by atoms with Crippen LogP contribution in [0.25, 0.3) is 0 Å². The zero-order chi connectivity index (χ0) is 23.5. The molecule has 1 aliphatic rings. The first kappa shape index (κ1) is 23.4. The standard InChI is InChI=1S/C30H38N2O/c1-29(2,3)25-16-17-28(33-27-14-10-7-11-15-27)24(22-25)23-30(4,5)32-20-18-31(19-21-32)26-12-8-6-9-13-26/h6-17,22H,18-21,23H2,1-5H3. The smallest absolute Gasteiger partial charge is 0.130 e. The summed E-state index contributed by atoms with van der Waals surface area (Å²) < 4.78 is 6.36. The average Bonchev–Trinajstić information content (AvgIpc) is 2.81. The van der Waals surface area contributed by atoms with Crippen LogP contribution in [0.1, 0.15) is 45.7 Å². The van der Waals surface area contributed by atoms with E-state index in [0.29, 0.717) is 0 Å². The van der Waals surface area contributed by atoms with Crippen LogP contribution < -0.4 is 9.64 Å². The average molecular weight is 443 g/mol. The van der Waals surface area contributed by atoms with Crippen molar-refractivity contribution in [3.8, 4) is 11.5 Å². The van der Waals surface area contributed by atoms with Crippen molar-refractivity contribution in [1.82, 2.24) is 4.90 Å². The van der Waals surface area contributed by atoms with Crippen molar-refractivity contribution >= 4 is 5.69 Å². The summed E-state index contributed by atoms with van der Waals surface area (Å²) in [4.78, 5) is 5.14. The zero-order valence-corrected chi connectivity index (χ0v) is 20.8. The number of nitrogens with zero attached hydrogens (tertiary/aromatic N) is 2. The molecule has 33 heavy (non-hydrogen) atoms. The van der Waals surface area contributed by atoms with Gasteiger partial charge in [0, 0.05) is 37.4 Å². The number of hydrogen-bond donors (Lipinski definition) is 0. The van der Waals surface area contributed by atoms with Crippen LogP contribution in [0.4, 0.5) is 5.69 Å². The van der Waals surface area contributed by atoms with Crippen LogP contribution in [-0.2, 0) is 11.8 Å². The van der Waals surface area contributed by atoms with E-state index in [-0.39, 0.29) is 11.0 Å². The van der Waals surface area contributed by atoms with Gasteiger partial charge in [0.2, 0.25) is 0 Å². The normalized spacial score (nSPS) is 15.5. The highest BCUT2D eigenvalue weighted by molar-refractivity contribution is 5.47. The molecule has 3 nitrogen and oxygen atoms in total. The van der Waals surface area contributed by atoms with Gasteiger partial charge in [0.05, 0.1) is 0 Å². The Kier molecular flexibility index (Phi) is 6.81. The molecule has 0 N–H and O–H groups in total. The van der Waals surface area contributed by atoms with Crippen molar-refractivity contribution in [1.29, 1.82) is 0 Å². The lowest BCUT2D eigenvalue weighted by Gasteiger charge is -2.45. The topological polar surface area (TPSA) is 15.7 Å². The maximum Gasteiger partial charge on any atom is 0.130 e. The Balaban J connectivity index is 1.53. The van der Waals surface area contributed by atoms with Crippen molar-refractivity contribution in [2.75, 3.05) is 31.1 Å². The number of hydrogen-bond acceptors (Lipinski definition) is 3. The van der Waals surface area contributed by atoms with Gasteiger partial charge in [-0.2, -0.15) is 0 Å². The molecule has 174 valence electrons. The van der Waals surface area contributed by atoms with Crippen molar-refractivity contribution < 1.29 is 4.74 Å². The number of anilines is 1. The molecule has 0 radical (unpaired) electrons. The second kappa shape index (κ2) is 9.61. The van der Waals surface area contributed by atoms with Gasteiger partial charge in [-0.15, -0.1) is 0 Å². The number of ether oxygens (including phenoxy) is 1. The van der Waals surface area contributed by atoms with Gasteiger partial charge in [-0.1, -0.05) is 69.3 Å². The summed E-state index contributed by atoms with van der Waals surface area (Å²) in [6.07, 6.45) is 0.949. The Bertz CT molecular complexity index is 1030. The molecular weight excluding hydrogens is 404 g/mol. The van der Waals surface area contributed by atoms with E-state index in [2.05, 4.69) is 92.9 Å². The van der Waals surface area contributed by atoms with E-state index in [1.807, 2.05) is 30.3 Å². The Hall–Kier alpha value is -2.78. The summed E-state index contributed by atoms with van der Waals surface area (Å²) in [5, 5.41) is 0. The first-order chi connectivity index (χ1) is 15.7. The lowest BCUT2D eigenvalue weighted by Crippen LogP contribution is -2.55. The van der Waals surface area contributed by atoms with Crippen LogP contribution in [0.5, 0.6) is 11.5 Å². The highest BCUT2D eigenvalue weighted by Crippen LogP contribution is 2.34. The number of piperazine rings is 1. The lowest BCUT2D eigenvalue weighted by atomic mass is 9.83. The monoisotopic (exact) mass is 442 g/mol. The second-order valence-electron chi connectivity index (χ2n) is 10.8. The molecule has 0 aromatic heterocycles. The summed E-state index contributed by atoms with van der Waals surface area (Å²) in [7, 11) is 0. The minimum atomic E-state index is 0.0358. The predicted octanol–water partition coefficient (Wildman–Crippen LogP) is 6.92. The van der Waals surface area contributed by atoms with Crippen LogP contribution in [-0.4, -0.2) is 36.6 Å². The molecule has 1 fully saturated rings. The van der Waals surface area contributed by atoms with Gasteiger partial charge < -0.3 is 9.64 Å². The summed E-state index contributed by atoms with van der Waals surface area (Å²) in [6, 6.07) is 27.6. The summed E-state index contributed by atoms with van der Waals surface area (Å²) >= 11 is 0. The van der Waals surface area contributed by atoms with E-state index < -0.39 is 0 Å². The molecular formula is C30H38N2O. The Morgan fingerprint density at radius 3 is 1.94 bits per heavy atom. The van der Waals surface area contributed by atoms with E-state index in [0.717, 1.165) is 44.1 Å². The number of para-hydroxylation sites is 2. The molecule has 0 unspecified atom stereocenters. The third kappa shape index (κ3) is 5.78. The van der Waals surface area contributed by atoms with Crippen LogP contribution >= 0.6 is 0 Å². The van der Waals surface area contributed by atoms with E-state index in [1.54, 1.807) is 0 Å². The minimum Gasteiger partial charge on any atom is -0.457 e. The Morgan fingerprint density at radius 2 is 1.33 bits per heavy atom. The molecule has 1 saturated heterocycles. The lowest BCUT2D eigenvalue weighted by molar-refractivity contribution is 0.111. The highest BCUT2D eigenvalue weighted by atomic mass is 16.5. The van der Waals surface area contributed by atoms with Crippen LogP contribution in [0.2, 0.25) is 0 Å². The van der Waals surface area contributed by atoms with Crippen LogP contribution in [0.15, 0.2) is 78.9 Å². The van der Waals surface area contributed by atoms with Gasteiger partial charge >= 0.3 is 0 Å². The van der Waals surface area contributed by atoms with Gasteiger partial charge in [-0.25, -0.2) is 0 Å². The summed E-state index contributed by atoms with van der Waals surface area (Å²) in [6.45, 7) is 15.8. The maximum atomic E-state index is 6.36. The molecule has 0 atom stereocenters. The Labute approximate surface area is 200 Å². The second-order valence-corrected chi connectivity index (χ2v) is 10.8. The molecule has 0 spiro atoms. The van der Waals surface area contributed by atoms with Crippen LogP contribution in [0.3, 0.4) is 0 Å². The van der Waals surface area contributed by atoms with Gasteiger partial charge in [-0.05, 0) is 67.1 Å². The molecule has 4 rings (SSSR count). The Morgan fingerprint density at radius 1 is 0.727 bits per heavy atom. The molecule has 0 bridgehead atoms. The van der Waals surface area contributed by atoms with E-state index in [1.165, 1.54) is 16.8 Å². The minimum absolute atomic E-state index is 0.0358. The largest absolute Gasteiger partial charge is 0.457 e. The molecule has 0 amide bonds. The zero-order valence-electron chi connectivity index (χ0n) is 20.8. The van der Waals surface area contributed by atoms with Gasteiger partial charge in [-0.3, -0.25) is 4.90 Å². The van der Waals surface area contributed by atoms with Gasteiger partial charge in [0.1, 0.15) is 11.5 Å². The predicted molar refractivity (Wildman–Crippen MR) is 140 cm³/mol. The fourth-order valence-corrected chi connectivity index (χ4v) is 4.69. The van der Waals surface area contributed by atoms with Crippen LogP contribution in [0, 0.1) is 0 Å². The first-order valence-corrected chi connectivity index (χ1v) is 12.1. The SMILES string of the molecule is CC(C)(C)c1ccc(Oc2ccccc2)c(CC(C)(C)N2CCN(c3ccccc3)CC2)c1. The molecule has 0 aliphatic carbocycles. The van der Waals surface area contributed by atoms with Crippen molar-refractivity contribution in [2.24, 2.45) is 0 Å². The first-order valence-electron chi connectivity index (χ1n) is 12.1. The maximum absolute atomic E-state index is 6.36. The quantitative estimate of drug-likeness (QED) is 0.412. The van der Waals surface area contributed by atoms with Crippen molar-refractivity contribution in [2.45, 2.75) is 52.0 Å².